The van der Waals surface area contributed by atoms with Crippen LogP contribution in [-0.4, -0.2) is 22.5 Å². The van der Waals surface area contributed by atoms with E-state index in [-0.39, 0.29) is 10.3 Å². The van der Waals surface area contributed by atoms with E-state index in [2.05, 4.69) is 17.0 Å². The fraction of sp³-hybridized carbons (Fsp3) is 0.286. The van der Waals surface area contributed by atoms with Gasteiger partial charge in [-0.3, -0.25) is 4.79 Å². The van der Waals surface area contributed by atoms with Crippen molar-refractivity contribution in [2.75, 3.05) is 6.61 Å². The molecule has 0 saturated carbocycles. The number of aromatic nitrogens is 2. The topological polar surface area (TPSA) is 59.4 Å². The number of rotatable bonds is 8. The Morgan fingerprint density at radius 3 is 2.67 bits per heavy atom. The molecule has 0 aliphatic rings. The van der Waals surface area contributed by atoms with Crippen molar-refractivity contribution in [2.45, 2.75) is 32.6 Å². The molecule has 1 heterocycles. The van der Waals surface area contributed by atoms with Gasteiger partial charge in [0, 0.05) is 0 Å². The normalized spacial score (nSPS) is 11.3. The number of ether oxygens (including phenoxy) is 1. The molecule has 3 rings (SSSR count). The van der Waals surface area contributed by atoms with Crippen LogP contribution in [0.4, 0.5) is 0 Å². The summed E-state index contributed by atoms with van der Waals surface area (Å²) in [4.78, 5) is 15.6. The number of fused-ring (bicyclic) bond motifs is 1. The fourth-order valence-corrected chi connectivity index (χ4v) is 2.99. The first-order chi connectivity index (χ1) is 13.2. The Morgan fingerprint density at radius 1 is 1.11 bits per heavy atom. The van der Waals surface area contributed by atoms with Gasteiger partial charge in [-0.2, -0.15) is 9.78 Å². The molecule has 0 aliphatic carbocycles. The lowest BCUT2D eigenvalue weighted by molar-refractivity contribution is 0.305. The highest BCUT2D eigenvalue weighted by molar-refractivity contribution is 7.71. The minimum absolute atomic E-state index is 0.238. The van der Waals surface area contributed by atoms with Gasteiger partial charge in [0.2, 0.25) is 4.77 Å². The van der Waals surface area contributed by atoms with Crippen LogP contribution in [0.15, 0.2) is 58.4 Å². The molecule has 5 nitrogen and oxygen atoms in total. The van der Waals surface area contributed by atoms with Crippen molar-refractivity contribution in [3.05, 3.63) is 69.2 Å². The van der Waals surface area contributed by atoms with E-state index in [0.29, 0.717) is 10.9 Å². The van der Waals surface area contributed by atoms with E-state index in [4.69, 9.17) is 17.0 Å². The molecular weight excluding hydrogens is 358 g/mol. The molecule has 0 fully saturated rings. The summed E-state index contributed by atoms with van der Waals surface area (Å²) in [7, 11) is 0. The maximum atomic E-state index is 12.6. The van der Waals surface area contributed by atoms with Crippen LogP contribution in [0.1, 0.15) is 38.2 Å². The third-order valence-electron chi connectivity index (χ3n) is 4.25. The lowest BCUT2D eigenvalue weighted by Crippen LogP contribution is -2.18. The number of unbranched alkanes of at least 4 members (excludes halogenated alkanes) is 3. The average Bonchev–Trinajstić information content (AvgIpc) is 2.69. The molecule has 6 heteroatoms. The van der Waals surface area contributed by atoms with Crippen molar-refractivity contribution in [2.24, 2.45) is 5.10 Å². The number of hydrogen-bond donors (Lipinski definition) is 1. The first kappa shape index (κ1) is 19.0. The number of para-hydroxylation sites is 1. The number of H-pyrrole nitrogens is 1. The van der Waals surface area contributed by atoms with Gasteiger partial charge in [0.25, 0.3) is 5.56 Å². The summed E-state index contributed by atoms with van der Waals surface area (Å²) in [6.07, 6.45) is 6.35. The van der Waals surface area contributed by atoms with Gasteiger partial charge in [-0.1, -0.05) is 38.3 Å². The van der Waals surface area contributed by atoms with E-state index in [1.807, 2.05) is 42.5 Å². The molecule has 3 aromatic rings. The van der Waals surface area contributed by atoms with Crippen LogP contribution >= 0.6 is 12.2 Å². The third kappa shape index (κ3) is 4.92. The predicted molar refractivity (Wildman–Crippen MR) is 112 cm³/mol. The van der Waals surface area contributed by atoms with Crippen LogP contribution in [-0.2, 0) is 0 Å². The maximum Gasteiger partial charge on any atom is 0.282 e. The number of nitrogens with one attached hydrogen (secondary N) is 1. The van der Waals surface area contributed by atoms with Gasteiger partial charge in [-0.05, 0) is 60.6 Å². The lowest BCUT2D eigenvalue weighted by atomic mass is 10.2. The Morgan fingerprint density at radius 2 is 1.89 bits per heavy atom. The second kappa shape index (κ2) is 9.28. The highest BCUT2D eigenvalue weighted by Gasteiger charge is 2.03. The summed E-state index contributed by atoms with van der Waals surface area (Å²) in [6.45, 7) is 2.93. The highest BCUT2D eigenvalue weighted by Crippen LogP contribution is 2.12. The summed E-state index contributed by atoms with van der Waals surface area (Å²) >= 11 is 5.25. The Labute approximate surface area is 163 Å². The van der Waals surface area contributed by atoms with E-state index in [9.17, 15) is 4.79 Å². The van der Waals surface area contributed by atoms with Crippen LogP contribution in [0.2, 0.25) is 0 Å². The van der Waals surface area contributed by atoms with Crippen molar-refractivity contribution in [1.82, 2.24) is 9.66 Å². The Hall–Kier alpha value is -2.73. The fourth-order valence-electron chi connectivity index (χ4n) is 2.75. The second-order valence-electron chi connectivity index (χ2n) is 6.32. The van der Waals surface area contributed by atoms with Gasteiger partial charge < -0.3 is 9.72 Å². The summed E-state index contributed by atoms with van der Waals surface area (Å²) in [5.74, 6) is 0.837. The van der Waals surface area contributed by atoms with Crippen LogP contribution < -0.4 is 10.3 Å². The average molecular weight is 382 g/mol. The molecule has 1 N–H and O–H groups in total. The summed E-state index contributed by atoms with van der Waals surface area (Å²) < 4.78 is 7.21. The van der Waals surface area contributed by atoms with Crippen molar-refractivity contribution in [1.29, 1.82) is 0 Å². The van der Waals surface area contributed by atoms with E-state index in [0.717, 1.165) is 24.3 Å². The quantitative estimate of drug-likeness (QED) is 0.343. The van der Waals surface area contributed by atoms with E-state index < -0.39 is 0 Å². The van der Waals surface area contributed by atoms with Gasteiger partial charge in [0.05, 0.1) is 23.7 Å². The molecule has 140 valence electrons. The zero-order chi connectivity index (χ0) is 19.1. The monoisotopic (exact) mass is 381 g/mol. The number of aromatic amines is 1. The van der Waals surface area contributed by atoms with Crippen LogP contribution in [0.3, 0.4) is 0 Å². The first-order valence-electron chi connectivity index (χ1n) is 9.20. The molecule has 0 atom stereocenters. The Kier molecular flexibility index (Phi) is 6.54. The van der Waals surface area contributed by atoms with Crippen molar-refractivity contribution >= 4 is 29.3 Å². The molecule has 0 spiro atoms. The molecule has 0 aliphatic heterocycles. The van der Waals surface area contributed by atoms with Gasteiger partial charge in [-0.25, -0.2) is 0 Å². The first-order valence-corrected chi connectivity index (χ1v) is 9.61. The number of hydrogen-bond acceptors (Lipinski definition) is 4. The number of nitrogens with zero attached hydrogens (tertiary/aromatic N) is 2. The standard InChI is InChI=1S/C21H23N3O2S/c1-2-3-4-7-14-26-17-12-10-16(11-13-17)15-22-24-20(25)18-8-5-6-9-19(18)23-21(24)27/h5-6,8-13,15H,2-4,7,14H2,1H3,(H,23,27)/b22-15-. The Bertz CT molecular complexity index is 1040. The number of benzene rings is 2. The molecule has 0 bridgehead atoms. The largest absolute Gasteiger partial charge is 0.494 e. The minimum atomic E-state index is -0.238. The maximum absolute atomic E-state index is 12.6. The molecule has 0 radical (unpaired) electrons. The molecule has 0 amide bonds. The summed E-state index contributed by atoms with van der Waals surface area (Å²) in [5.41, 5.74) is 1.33. The molecular formula is C21H23N3O2S. The van der Waals surface area contributed by atoms with E-state index in [1.54, 1.807) is 12.3 Å². The van der Waals surface area contributed by atoms with Gasteiger partial charge in [-0.15, -0.1) is 0 Å². The lowest BCUT2D eigenvalue weighted by Gasteiger charge is -2.06. The van der Waals surface area contributed by atoms with E-state index in [1.165, 1.54) is 23.9 Å². The van der Waals surface area contributed by atoms with Gasteiger partial charge in [0.15, 0.2) is 0 Å². The molecule has 0 saturated heterocycles. The smallest absolute Gasteiger partial charge is 0.282 e. The predicted octanol–water partition coefficient (Wildman–Crippen LogP) is 4.90. The second-order valence-corrected chi connectivity index (χ2v) is 6.70. The molecule has 1 aromatic heterocycles. The molecule has 27 heavy (non-hydrogen) atoms. The molecule has 2 aromatic carbocycles. The van der Waals surface area contributed by atoms with E-state index >= 15 is 0 Å². The van der Waals surface area contributed by atoms with Crippen molar-refractivity contribution in [3.8, 4) is 5.75 Å². The third-order valence-corrected chi connectivity index (χ3v) is 4.53. The zero-order valence-corrected chi connectivity index (χ0v) is 16.2. The van der Waals surface area contributed by atoms with Crippen molar-refractivity contribution < 1.29 is 4.74 Å². The highest BCUT2D eigenvalue weighted by atomic mass is 32.1. The summed E-state index contributed by atoms with van der Waals surface area (Å²) in [6, 6.07) is 14.9. The Balaban J connectivity index is 1.70. The van der Waals surface area contributed by atoms with Gasteiger partial charge in [0.1, 0.15) is 5.75 Å². The summed E-state index contributed by atoms with van der Waals surface area (Å²) in [5, 5.41) is 4.81. The van der Waals surface area contributed by atoms with Crippen LogP contribution in [0.5, 0.6) is 5.75 Å². The SMILES string of the molecule is CCCCCCOc1ccc(/C=N\n2c(=S)[nH]c3ccccc3c2=O)cc1. The molecule has 0 unspecified atom stereocenters. The van der Waals surface area contributed by atoms with Crippen LogP contribution in [0, 0.1) is 4.77 Å². The zero-order valence-electron chi connectivity index (χ0n) is 15.4. The minimum Gasteiger partial charge on any atom is -0.494 e. The van der Waals surface area contributed by atoms with Crippen molar-refractivity contribution in [3.63, 3.8) is 0 Å². The van der Waals surface area contributed by atoms with Gasteiger partial charge >= 0.3 is 0 Å². The van der Waals surface area contributed by atoms with Crippen LogP contribution in [0.25, 0.3) is 10.9 Å².